The molecule has 3 aromatic rings. The standard InChI is InChI=1S/C21H24O3.C14H18O3/c1-4-7-18-8-5-6-9-19(18)24-20(21(22)23-3)15-14-17-12-10-16(2)11-13-17;1-4-8-11-9-6-7-10-13(11)17-12(5-2)14(15)16-3/h4-6,8-13,20H,1,7,14-15H2,2-3H3;4,6-7,9-10,12H,1,5,8H2,2-3H3. The lowest BCUT2D eigenvalue weighted by molar-refractivity contribution is -0.149. The zero-order valence-corrected chi connectivity index (χ0v) is 24.6. The van der Waals surface area contributed by atoms with Crippen LogP contribution in [-0.4, -0.2) is 38.4 Å². The number of esters is 2. The van der Waals surface area contributed by atoms with Gasteiger partial charge in [0.2, 0.25) is 0 Å². The normalized spacial score (nSPS) is 11.6. The summed E-state index contributed by atoms with van der Waals surface area (Å²) in [5.74, 6) is 0.720. The topological polar surface area (TPSA) is 71.1 Å². The van der Waals surface area contributed by atoms with E-state index in [0.717, 1.165) is 17.5 Å². The van der Waals surface area contributed by atoms with E-state index in [1.165, 1.54) is 25.3 Å². The zero-order chi connectivity index (χ0) is 30.0. The Morgan fingerprint density at radius 1 is 0.732 bits per heavy atom. The van der Waals surface area contributed by atoms with Gasteiger partial charge in [-0.05, 0) is 67.9 Å². The Kier molecular flexibility index (Phi) is 14.5. The van der Waals surface area contributed by atoms with Crippen molar-refractivity contribution in [2.45, 2.75) is 58.2 Å². The Labute approximate surface area is 244 Å². The second-order valence-corrected chi connectivity index (χ2v) is 9.39. The Morgan fingerprint density at radius 2 is 1.20 bits per heavy atom. The van der Waals surface area contributed by atoms with Crippen LogP contribution < -0.4 is 9.47 Å². The molecule has 6 heteroatoms. The van der Waals surface area contributed by atoms with E-state index in [-0.39, 0.29) is 11.9 Å². The summed E-state index contributed by atoms with van der Waals surface area (Å²) < 4.78 is 21.3. The number of para-hydroxylation sites is 2. The van der Waals surface area contributed by atoms with Crippen molar-refractivity contribution in [1.82, 2.24) is 0 Å². The van der Waals surface area contributed by atoms with E-state index in [2.05, 4.69) is 44.3 Å². The molecule has 3 rings (SSSR count). The summed E-state index contributed by atoms with van der Waals surface area (Å²) in [5, 5.41) is 0. The summed E-state index contributed by atoms with van der Waals surface area (Å²) in [6, 6.07) is 23.6. The molecule has 0 aliphatic heterocycles. The van der Waals surface area contributed by atoms with Gasteiger partial charge in [-0.2, -0.15) is 0 Å². The van der Waals surface area contributed by atoms with Crippen LogP contribution in [0.15, 0.2) is 98.1 Å². The average Bonchev–Trinajstić information content (AvgIpc) is 3.00. The number of methoxy groups -OCH3 is 2. The van der Waals surface area contributed by atoms with Crippen LogP contribution >= 0.6 is 0 Å². The van der Waals surface area contributed by atoms with E-state index in [9.17, 15) is 9.59 Å². The first-order valence-corrected chi connectivity index (χ1v) is 13.8. The summed E-state index contributed by atoms with van der Waals surface area (Å²) >= 11 is 0. The second-order valence-electron chi connectivity index (χ2n) is 9.39. The summed E-state index contributed by atoms with van der Waals surface area (Å²) in [7, 11) is 2.75. The molecule has 0 aliphatic rings. The summed E-state index contributed by atoms with van der Waals surface area (Å²) in [4.78, 5) is 23.5. The van der Waals surface area contributed by atoms with E-state index >= 15 is 0 Å². The molecule has 0 saturated heterocycles. The van der Waals surface area contributed by atoms with Gasteiger partial charge in [-0.15, -0.1) is 13.2 Å². The number of rotatable bonds is 14. The van der Waals surface area contributed by atoms with Crippen LogP contribution in [0.4, 0.5) is 0 Å². The van der Waals surface area contributed by atoms with Crippen LogP contribution in [-0.2, 0) is 38.3 Å². The summed E-state index contributed by atoms with van der Waals surface area (Å²) in [6.07, 6.45) is 5.77. The van der Waals surface area contributed by atoms with E-state index in [1.807, 2.05) is 61.5 Å². The van der Waals surface area contributed by atoms with E-state index in [1.54, 1.807) is 6.08 Å². The molecular formula is C35H42O6. The minimum Gasteiger partial charge on any atom is -0.478 e. The third kappa shape index (κ3) is 11.0. The number of carbonyl (C=O) groups is 2. The average molecular weight is 559 g/mol. The van der Waals surface area contributed by atoms with Gasteiger partial charge in [0.15, 0.2) is 12.2 Å². The van der Waals surface area contributed by atoms with Crippen molar-refractivity contribution in [3.63, 3.8) is 0 Å². The summed E-state index contributed by atoms with van der Waals surface area (Å²) in [5.41, 5.74) is 4.43. The van der Waals surface area contributed by atoms with Crippen molar-refractivity contribution in [3.8, 4) is 11.5 Å². The smallest absolute Gasteiger partial charge is 0.347 e. The van der Waals surface area contributed by atoms with Crippen molar-refractivity contribution in [3.05, 3.63) is 120 Å². The fraction of sp³-hybridized carbons (Fsp3) is 0.314. The van der Waals surface area contributed by atoms with Crippen molar-refractivity contribution < 1.29 is 28.5 Å². The Hall–Kier alpha value is -4.32. The van der Waals surface area contributed by atoms with Gasteiger partial charge in [0.05, 0.1) is 14.2 Å². The van der Waals surface area contributed by atoms with E-state index < -0.39 is 12.2 Å². The molecule has 3 aromatic carbocycles. The second kappa shape index (κ2) is 18.1. The molecule has 0 heterocycles. The lowest BCUT2D eigenvalue weighted by atomic mass is 10.0. The predicted molar refractivity (Wildman–Crippen MR) is 163 cm³/mol. The fourth-order valence-corrected chi connectivity index (χ4v) is 4.03. The first-order chi connectivity index (χ1) is 19.9. The molecule has 0 bridgehead atoms. The first kappa shape index (κ1) is 32.9. The van der Waals surface area contributed by atoms with Gasteiger partial charge in [0.25, 0.3) is 0 Å². The molecule has 2 unspecified atom stereocenters. The molecule has 0 aliphatic carbocycles. The van der Waals surface area contributed by atoms with Gasteiger partial charge in [-0.25, -0.2) is 9.59 Å². The first-order valence-electron chi connectivity index (χ1n) is 13.8. The predicted octanol–water partition coefficient (Wildman–Crippen LogP) is 7.02. The van der Waals surface area contributed by atoms with Gasteiger partial charge < -0.3 is 18.9 Å². The van der Waals surface area contributed by atoms with E-state index in [0.29, 0.717) is 37.2 Å². The van der Waals surface area contributed by atoms with Crippen molar-refractivity contribution >= 4 is 11.9 Å². The fourth-order valence-electron chi connectivity index (χ4n) is 4.03. The molecule has 0 saturated carbocycles. The number of ether oxygens (including phenoxy) is 4. The molecule has 41 heavy (non-hydrogen) atoms. The lowest BCUT2D eigenvalue weighted by Crippen LogP contribution is -2.29. The van der Waals surface area contributed by atoms with Crippen LogP contribution in [0.2, 0.25) is 0 Å². The lowest BCUT2D eigenvalue weighted by Gasteiger charge is -2.19. The number of aryl methyl sites for hydroxylation is 2. The minimum absolute atomic E-state index is 0.346. The van der Waals surface area contributed by atoms with Crippen LogP contribution in [0.3, 0.4) is 0 Å². The largest absolute Gasteiger partial charge is 0.478 e. The highest BCUT2D eigenvalue weighted by Crippen LogP contribution is 2.23. The molecule has 6 nitrogen and oxygen atoms in total. The number of benzene rings is 3. The van der Waals surface area contributed by atoms with Crippen LogP contribution in [0, 0.1) is 6.92 Å². The van der Waals surface area contributed by atoms with Crippen LogP contribution in [0.5, 0.6) is 11.5 Å². The quantitative estimate of drug-likeness (QED) is 0.156. The van der Waals surface area contributed by atoms with Crippen molar-refractivity contribution in [2.24, 2.45) is 0 Å². The number of hydrogen-bond donors (Lipinski definition) is 0. The molecule has 0 N–H and O–H groups in total. The summed E-state index contributed by atoms with van der Waals surface area (Å²) in [6.45, 7) is 11.4. The highest BCUT2D eigenvalue weighted by molar-refractivity contribution is 5.75. The molecule has 0 spiro atoms. The maximum atomic E-state index is 12.1. The van der Waals surface area contributed by atoms with Crippen molar-refractivity contribution in [1.29, 1.82) is 0 Å². The molecule has 218 valence electrons. The molecule has 0 radical (unpaired) electrons. The van der Waals surface area contributed by atoms with Gasteiger partial charge in [-0.3, -0.25) is 0 Å². The SMILES string of the molecule is C=CCc1ccccc1OC(CC)C(=O)OC.C=CCc1ccccc1OC(CCc1ccc(C)cc1)C(=O)OC. The maximum Gasteiger partial charge on any atom is 0.347 e. The zero-order valence-electron chi connectivity index (χ0n) is 24.6. The monoisotopic (exact) mass is 558 g/mol. The molecule has 0 fully saturated rings. The molecule has 2 atom stereocenters. The van der Waals surface area contributed by atoms with Gasteiger partial charge >= 0.3 is 11.9 Å². The molecular weight excluding hydrogens is 516 g/mol. The third-order valence-corrected chi connectivity index (χ3v) is 6.33. The molecule has 0 aromatic heterocycles. The van der Waals surface area contributed by atoms with E-state index in [4.69, 9.17) is 18.9 Å². The maximum absolute atomic E-state index is 12.1. The Morgan fingerprint density at radius 3 is 1.66 bits per heavy atom. The third-order valence-electron chi connectivity index (χ3n) is 6.33. The number of carbonyl (C=O) groups excluding carboxylic acids is 2. The molecule has 0 amide bonds. The van der Waals surface area contributed by atoms with Gasteiger partial charge in [0, 0.05) is 0 Å². The van der Waals surface area contributed by atoms with Crippen LogP contribution in [0.1, 0.15) is 42.0 Å². The van der Waals surface area contributed by atoms with Gasteiger partial charge in [0.1, 0.15) is 11.5 Å². The highest BCUT2D eigenvalue weighted by Gasteiger charge is 2.22. The van der Waals surface area contributed by atoms with Gasteiger partial charge in [-0.1, -0.05) is 85.3 Å². The number of hydrogen-bond acceptors (Lipinski definition) is 6. The van der Waals surface area contributed by atoms with Crippen molar-refractivity contribution in [2.75, 3.05) is 14.2 Å². The Balaban J connectivity index is 0.000000305. The highest BCUT2D eigenvalue weighted by atomic mass is 16.6. The Bertz CT molecular complexity index is 1250. The number of allylic oxidation sites excluding steroid dienone is 2. The minimum atomic E-state index is -0.623. The van der Waals surface area contributed by atoms with Crippen LogP contribution in [0.25, 0.3) is 0 Å².